The van der Waals surface area contributed by atoms with Crippen LogP contribution in [0.25, 0.3) is 11.0 Å². The first-order chi connectivity index (χ1) is 17.4. The van der Waals surface area contributed by atoms with Gasteiger partial charge in [-0.05, 0) is 37.5 Å². The number of carbonyl (C=O) groups is 3. The van der Waals surface area contributed by atoms with Crippen molar-refractivity contribution in [2.75, 3.05) is 32.1 Å². The highest BCUT2D eigenvalue weighted by Crippen LogP contribution is 2.28. The summed E-state index contributed by atoms with van der Waals surface area (Å²) in [6.45, 7) is 3.21. The van der Waals surface area contributed by atoms with Crippen LogP contribution in [0.5, 0.6) is 0 Å². The summed E-state index contributed by atoms with van der Waals surface area (Å²) < 4.78 is 12.3. The van der Waals surface area contributed by atoms with Crippen molar-refractivity contribution < 1.29 is 23.9 Å². The third-order valence-corrected chi connectivity index (χ3v) is 6.39. The first kappa shape index (κ1) is 25.4. The number of nitrogens with one attached hydrogen (secondary N) is 1. The van der Waals surface area contributed by atoms with Crippen LogP contribution in [0.3, 0.4) is 0 Å². The molecule has 2 aromatic carbocycles. The maximum atomic E-state index is 13.8. The topological polar surface area (TPSA) is 103 Å². The van der Waals surface area contributed by atoms with Gasteiger partial charge < -0.3 is 24.3 Å². The number of hydrogen-bond donors (Lipinski definition) is 1. The lowest BCUT2D eigenvalue weighted by atomic mass is 9.97. The number of hydrogen-bond acceptors (Lipinski definition) is 6. The number of piperidine rings is 1. The lowest BCUT2D eigenvalue weighted by Crippen LogP contribution is -2.43. The molecule has 1 atom stereocenters. The van der Waals surface area contributed by atoms with Gasteiger partial charge in [-0.3, -0.25) is 14.4 Å². The third-order valence-electron chi connectivity index (χ3n) is 6.39. The predicted molar refractivity (Wildman–Crippen MR) is 135 cm³/mol. The molecule has 0 aliphatic carbocycles. The molecule has 1 saturated heterocycles. The molecular formula is C27H32N4O5. The summed E-state index contributed by atoms with van der Waals surface area (Å²) in [4.78, 5) is 45.2. The van der Waals surface area contributed by atoms with Crippen LogP contribution < -0.4 is 5.32 Å². The number of methoxy groups -OCH3 is 1. The molecule has 4 rings (SSSR count). The van der Waals surface area contributed by atoms with Gasteiger partial charge in [-0.2, -0.15) is 0 Å². The van der Waals surface area contributed by atoms with Gasteiger partial charge in [0.15, 0.2) is 0 Å². The van der Waals surface area contributed by atoms with Gasteiger partial charge >= 0.3 is 5.97 Å². The van der Waals surface area contributed by atoms with Crippen molar-refractivity contribution in [3.63, 3.8) is 0 Å². The standard InChI is InChI=1S/C27H32N4O5/c1-4-36-27(34)19-11-8-12-31(16-19)26(33)21-14-20(28-24(32)13-18-9-6-5-7-10-18)15-22-25(21)30(2)23(29-22)17-35-3/h5-7,9-10,14-15,19H,4,8,11-13,16-17H2,1-3H3,(H,28,32)/t19-/m0/s1. The quantitative estimate of drug-likeness (QED) is 0.484. The lowest BCUT2D eigenvalue weighted by Gasteiger charge is -2.31. The van der Waals surface area contributed by atoms with E-state index in [1.165, 1.54) is 0 Å². The number of aryl methyl sites for hydroxylation is 1. The summed E-state index contributed by atoms with van der Waals surface area (Å²) in [6, 6.07) is 12.9. The molecule has 0 unspecified atom stereocenters. The molecule has 0 bridgehead atoms. The first-order valence-corrected chi connectivity index (χ1v) is 12.2. The second-order valence-electron chi connectivity index (χ2n) is 8.96. The molecule has 1 N–H and O–H groups in total. The molecule has 1 aromatic heterocycles. The number of benzene rings is 2. The molecule has 2 heterocycles. The van der Waals surface area contributed by atoms with Crippen molar-refractivity contribution in [3.05, 3.63) is 59.4 Å². The third kappa shape index (κ3) is 5.57. The smallest absolute Gasteiger partial charge is 0.310 e. The molecule has 3 aromatic rings. The number of rotatable bonds is 8. The minimum Gasteiger partial charge on any atom is -0.466 e. The minimum atomic E-state index is -0.345. The number of aromatic nitrogens is 2. The highest BCUT2D eigenvalue weighted by Gasteiger charge is 2.31. The van der Waals surface area contributed by atoms with Gasteiger partial charge in [0, 0.05) is 32.9 Å². The molecule has 0 radical (unpaired) electrons. The molecule has 9 nitrogen and oxygen atoms in total. The average Bonchev–Trinajstić information content (AvgIpc) is 3.19. The van der Waals surface area contributed by atoms with Crippen LogP contribution in [0.4, 0.5) is 5.69 Å². The number of likely N-dealkylation sites (tertiary alicyclic amines) is 1. The van der Waals surface area contributed by atoms with E-state index in [1.807, 2.05) is 41.9 Å². The molecule has 1 aliphatic heterocycles. The second-order valence-corrected chi connectivity index (χ2v) is 8.96. The zero-order valence-electron chi connectivity index (χ0n) is 21.0. The summed E-state index contributed by atoms with van der Waals surface area (Å²) in [5.41, 5.74) is 3.05. The van der Waals surface area contributed by atoms with E-state index in [0.717, 1.165) is 5.56 Å². The van der Waals surface area contributed by atoms with Crippen LogP contribution in [0, 0.1) is 5.92 Å². The van der Waals surface area contributed by atoms with Crippen molar-refractivity contribution in [1.82, 2.24) is 14.5 Å². The molecule has 1 aliphatic rings. The number of imidazole rings is 1. The number of ether oxygens (including phenoxy) is 2. The number of esters is 1. The fourth-order valence-electron chi connectivity index (χ4n) is 4.66. The molecule has 1 fully saturated rings. The van der Waals surface area contributed by atoms with E-state index in [0.29, 0.717) is 60.6 Å². The molecule has 9 heteroatoms. The van der Waals surface area contributed by atoms with E-state index in [-0.39, 0.29) is 36.7 Å². The van der Waals surface area contributed by atoms with E-state index in [1.54, 1.807) is 31.1 Å². The van der Waals surface area contributed by atoms with Gasteiger partial charge in [0.05, 0.1) is 35.5 Å². The van der Waals surface area contributed by atoms with Crippen molar-refractivity contribution >= 4 is 34.5 Å². The minimum absolute atomic E-state index is 0.188. The fourth-order valence-corrected chi connectivity index (χ4v) is 4.66. The normalized spacial score (nSPS) is 15.6. The molecule has 36 heavy (non-hydrogen) atoms. The number of fused-ring (bicyclic) bond motifs is 1. The summed E-state index contributed by atoms with van der Waals surface area (Å²) in [5, 5.41) is 2.92. The Morgan fingerprint density at radius 2 is 1.94 bits per heavy atom. The molecule has 0 saturated carbocycles. The zero-order chi connectivity index (χ0) is 25.7. The number of amides is 2. The Balaban J connectivity index is 1.66. The molecule has 0 spiro atoms. The van der Waals surface area contributed by atoms with Crippen LogP contribution in [0.2, 0.25) is 0 Å². The summed E-state index contributed by atoms with van der Waals surface area (Å²) in [6.07, 6.45) is 1.62. The SMILES string of the molecule is CCOC(=O)[C@H]1CCCN(C(=O)c2cc(NC(=O)Cc3ccccc3)cc3nc(COC)n(C)c23)C1. The largest absolute Gasteiger partial charge is 0.466 e. The second kappa shape index (κ2) is 11.3. The molecule has 2 amide bonds. The summed E-state index contributed by atoms with van der Waals surface area (Å²) in [7, 11) is 3.43. The van der Waals surface area contributed by atoms with Gasteiger partial charge in [0.2, 0.25) is 5.91 Å². The van der Waals surface area contributed by atoms with Gasteiger partial charge in [-0.1, -0.05) is 30.3 Å². The number of nitrogens with zero attached hydrogens (tertiary/aromatic N) is 3. The Bertz CT molecular complexity index is 1250. The van der Waals surface area contributed by atoms with Gasteiger partial charge in [-0.25, -0.2) is 4.98 Å². The maximum absolute atomic E-state index is 13.8. The van der Waals surface area contributed by atoms with E-state index < -0.39 is 0 Å². The Labute approximate surface area is 210 Å². The number of anilines is 1. The molecule has 190 valence electrons. The van der Waals surface area contributed by atoms with Gasteiger partial charge in [0.25, 0.3) is 5.91 Å². The van der Waals surface area contributed by atoms with Gasteiger partial charge in [-0.15, -0.1) is 0 Å². The highest BCUT2D eigenvalue weighted by atomic mass is 16.5. The predicted octanol–water partition coefficient (Wildman–Crippen LogP) is 3.32. The van der Waals surface area contributed by atoms with Crippen molar-refractivity contribution in [1.29, 1.82) is 0 Å². The van der Waals surface area contributed by atoms with Crippen LogP contribution in [0.15, 0.2) is 42.5 Å². The van der Waals surface area contributed by atoms with Crippen molar-refractivity contribution in [2.24, 2.45) is 13.0 Å². The van der Waals surface area contributed by atoms with Crippen molar-refractivity contribution in [2.45, 2.75) is 32.8 Å². The van der Waals surface area contributed by atoms with E-state index in [4.69, 9.17) is 9.47 Å². The van der Waals surface area contributed by atoms with Crippen LogP contribution in [-0.4, -0.2) is 59.0 Å². The number of carbonyl (C=O) groups excluding carboxylic acids is 3. The maximum Gasteiger partial charge on any atom is 0.310 e. The van der Waals surface area contributed by atoms with Crippen LogP contribution in [-0.2, 0) is 39.1 Å². The Hall–Kier alpha value is -3.72. The van der Waals surface area contributed by atoms with Gasteiger partial charge in [0.1, 0.15) is 12.4 Å². The monoisotopic (exact) mass is 492 g/mol. The highest BCUT2D eigenvalue weighted by molar-refractivity contribution is 6.08. The van der Waals surface area contributed by atoms with Crippen LogP contribution >= 0.6 is 0 Å². The average molecular weight is 493 g/mol. The Morgan fingerprint density at radius 1 is 1.17 bits per heavy atom. The fraction of sp³-hybridized carbons (Fsp3) is 0.407. The lowest BCUT2D eigenvalue weighted by molar-refractivity contribution is -0.149. The molecular weight excluding hydrogens is 460 g/mol. The first-order valence-electron chi connectivity index (χ1n) is 12.2. The van der Waals surface area contributed by atoms with E-state index in [2.05, 4.69) is 10.3 Å². The van der Waals surface area contributed by atoms with Crippen molar-refractivity contribution in [3.8, 4) is 0 Å². The van der Waals surface area contributed by atoms with E-state index in [9.17, 15) is 14.4 Å². The zero-order valence-corrected chi connectivity index (χ0v) is 21.0. The summed E-state index contributed by atoms with van der Waals surface area (Å²) in [5.74, 6) is -0.350. The Kier molecular flexibility index (Phi) is 8.00. The summed E-state index contributed by atoms with van der Waals surface area (Å²) >= 11 is 0. The van der Waals surface area contributed by atoms with E-state index >= 15 is 0 Å². The van der Waals surface area contributed by atoms with Crippen LogP contribution in [0.1, 0.15) is 41.5 Å². The Morgan fingerprint density at radius 3 is 2.67 bits per heavy atom.